The topological polar surface area (TPSA) is 39.5 Å². The van der Waals surface area contributed by atoms with Gasteiger partial charge in [0.1, 0.15) is 17.3 Å². The largest absolute Gasteiger partial charge is 0.497 e. The molecule has 5 rings (SSSR count). The number of hydrogen-bond donors (Lipinski definition) is 0. The van der Waals surface area contributed by atoms with E-state index in [1.54, 1.807) is 14.2 Å². The van der Waals surface area contributed by atoms with Gasteiger partial charge in [0.05, 0.1) is 26.1 Å². The van der Waals surface area contributed by atoms with Crippen LogP contribution in [-0.2, 0) is 19.5 Å². The predicted molar refractivity (Wildman–Crippen MR) is 113 cm³/mol. The Morgan fingerprint density at radius 1 is 0.862 bits per heavy atom. The highest BCUT2D eigenvalue weighted by atomic mass is 16.5. The van der Waals surface area contributed by atoms with Crippen LogP contribution in [0.15, 0.2) is 54.7 Å². The van der Waals surface area contributed by atoms with Gasteiger partial charge < -0.3 is 14.0 Å². The normalized spacial score (nSPS) is 20.9. The molecule has 29 heavy (non-hydrogen) atoms. The number of rotatable bonds is 5. The summed E-state index contributed by atoms with van der Waals surface area (Å²) in [4.78, 5) is 7.36. The Bertz CT molecular complexity index is 978. The van der Waals surface area contributed by atoms with E-state index in [0.29, 0.717) is 11.8 Å². The minimum Gasteiger partial charge on any atom is -0.497 e. The zero-order valence-corrected chi connectivity index (χ0v) is 17.0. The van der Waals surface area contributed by atoms with E-state index in [-0.39, 0.29) is 0 Å². The van der Waals surface area contributed by atoms with Crippen molar-refractivity contribution in [2.75, 3.05) is 27.3 Å². The number of methoxy groups -OCH3 is 2. The van der Waals surface area contributed by atoms with Crippen molar-refractivity contribution in [1.29, 1.82) is 0 Å². The van der Waals surface area contributed by atoms with Crippen LogP contribution < -0.4 is 9.47 Å². The van der Waals surface area contributed by atoms with E-state index in [0.717, 1.165) is 44.1 Å². The van der Waals surface area contributed by atoms with Crippen molar-refractivity contribution in [3.8, 4) is 22.8 Å². The van der Waals surface area contributed by atoms with E-state index in [4.69, 9.17) is 14.5 Å². The second-order valence-corrected chi connectivity index (χ2v) is 8.17. The summed E-state index contributed by atoms with van der Waals surface area (Å²) in [6.07, 6.45) is 3.10. The maximum atomic E-state index is 5.29. The predicted octanol–water partition coefficient (Wildman–Crippen LogP) is 3.87. The van der Waals surface area contributed by atoms with E-state index >= 15 is 0 Å². The van der Waals surface area contributed by atoms with E-state index in [9.17, 15) is 0 Å². The molecule has 1 saturated heterocycles. The van der Waals surface area contributed by atoms with E-state index in [2.05, 4.69) is 45.9 Å². The maximum Gasteiger partial charge on any atom is 0.118 e. The smallest absolute Gasteiger partial charge is 0.118 e. The van der Waals surface area contributed by atoms with Crippen LogP contribution in [0.4, 0.5) is 0 Å². The van der Waals surface area contributed by atoms with Gasteiger partial charge in [0.15, 0.2) is 0 Å². The first-order valence-electron chi connectivity index (χ1n) is 10.3. The van der Waals surface area contributed by atoms with E-state index in [1.807, 2.05) is 18.3 Å². The molecule has 0 amide bonds. The van der Waals surface area contributed by atoms with Gasteiger partial charge in [-0.3, -0.25) is 4.90 Å². The Labute approximate surface area is 171 Å². The Morgan fingerprint density at radius 2 is 1.52 bits per heavy atom. The lowest BCUT2D eigenvalue weighted by Gasteiger charge is -2.27. The Balaban J connectivity index is 1.29. The fourth-order valence-corrected chi connectivity index (χ4v) is 4.83. The highest BCUT2D eigenvalue weighted by Gasteiger charge is 2.37. The molecular formula is C24H27N3O2. The second-order valence-electron chi connectivity index (χ2n) is 8.17. The molecule has 5 nitrogen and oxygen atoms in total. The number of imidazole rings is 1. The van der Waals surface area contributed by atoms with Crippen LogP contribution in [0.1, 0.15) is 11.4 Å². The van der Waals surface area contributed by atoms with Gasteiger partial charge >= 0.3 is 0 Å². The minimum atomic E-state index is 0.687. The third-order valence-corrected chi connectivity index (χ3v) is 6.40. The zero-order chi connectivity index (χ0) is 19.8. The van der Waals surface area contributed by atoms with E-state index in [1.165, 1.54) is 22.6 Å². The fourth-order valence-electron chi connectivity index (χ4n) is 4.83. The quantitative estimate of drug-likeness (QED) is 0.664. The van der Waals surface area contributed by atoms with Gasteiger partial charge in [-0.2, -0.15) is 0 Å². The van der Waals surface area contributed by atoms with Gasteiger partial charge in [-0.05, 0) is 53.8 Å². The molecule has 0 bridgehead atoms. The molecule has 0 aliphatic carbocycles. The first-order valence-corrected chi connectivity index (χ1v) is 10.3. The summed E-state index contributed by atoms with van der Waals surface area (Å²) in [5.74, 6) is 4.42. The zero-order valence-electron chi connectivity index (χ0n) is 17.0. The average Bonchev–Trinajstić information content (AvgIpc) is 3.35. The Hall–Kier alpha value is -2.79. The number of ether oxygens (including phenoxy) is 2. The van der Waals surface area contributed by atoms with Crippen molar-refractivity contribution in [2.24, 2.45) is 11.8 Å². The van der Waals surface area contributed by atoms with Gasteiger partial charge in [-0.25, -0.2) is 4.98 Å². The molecule has 1 aromatic heterocycles. The summed E-state index contributed by atoms with van der Waals surface area (Å²) in [6, 6.07) is 16.7. The molecule has 0 radical (unpaired) electrons. The molecule has 3 heterocycles. The van der Waals surface area contributed by atoms with Gasteiger partial charge in [0.25, 0.3) is 0 Å². The SMILES string of the molecule is COc1ccc(CN2C[C@@H]3Cc4ncc(-c5ccc(OC)cc5)n4C[C@@H]3C2)cc1. The number of fused-ring (bicyclic) bond motifs is 2. The number of likely N-dealkylation sites (tertiary alicyclic amines) is 1. The fraction of sp³-hybridized carbons (Fsp3) is 0.375. The lowest BCUT2D eigenvalue weighted by Crippen LogP contribution is -2.28. The number of nitrogens with zero attached hydrogens (tertiary/aromatic N) is 3. The minimum absolute atomic E-state index is 0.687. The van der Waals surface area contributed by atoms with Crippen LogP contribution in [0.2, 0.25) is 0 Å². The molecule has 2 atom stereocenters. The highest BCUT2D eigenvalue weighted by Crippen LogP contribution is 2.36. The average molecular weight is 389 g/mol. The van der Waals surface area contributed by atoms with Crippen molar-refractivity contribution in [1.82, 2.24) is 14.5 Å². The molecule has 0 spiro atoms. The van der Waals surface area contributed by atoms with Gasteiger partial charge in [0.2, 0.25) is 0 Å². The molecule has 0 N–H and O–H groups in total. The van der Waals surface area contributed by atoms with Crippen LogP contribution in [-0.4, -0.2) is 41.8 Å². The molecular weight excluding hydrogens is 362 g/mol. The summed E-state index contributed by atoms with van der Waals surface area (Å²) in [5.41, 5.74) is 3.77. The summed E-state index contributed by atoms with van der Waals surface area (Å²) in [6.45, 7) is 4.36. The van der Waals surface area contributed by atoms with Crippen molar-refractivity contribution >= 4 is 0 Å². The monoisotopic (exact) mass is 389 g/mol. The van der Waals surface area contributed by atoms with E-state index < -0.39 is 0 Å². The van der Waals surface area contributed by atoms with Gasteiger partial charge in [0, 0.05) is 38.2 Å². The lowest BCUT2D eigenvalue weighted by atomic mass is 9.89. The molecule has 0 saturated carbocycles. The second kappa shape index (κ2) is 7.56. The number of benzene rings is 2. The molecule has 2 aliphatic heterocycles. The number of hydrogen-bond acceptors (Lipinski definition) is 4. The summed E-state index contributed by atoms with van der Waals surface area (Å²) in [5, 5.41) is 0. The summed E-state index contributed by atoms with van der Waals surface area (Å²) in [7, 11) is 3.41. The molecule has 5 heteroatoms. The summed E-state index contributed by atoms with van der Waals surface area (Å²) >= 11 is 0. The van der Waals surface area contributed by atoms with Gasteiger partial charge in [-0.1, -0.05) is 12.1 Å². The van der Waals surface area contributed by atoms with Crippen LogP contribution in [0.5, 0.6) is 11.5 Å². The third kappa shape index (κ3) is 3.51. The molecule has 0 unspecified atom stereocenters. The Morgan fingerprint density at radius 3 is 2.21 bits per heavy atom. The number of aromatic nitrogens is 2. The first-order chi connectivity index (χ1) is 14.2. The van der Waals surface area contributed by atoms with Crippen LogP contribution in [0.25, 0.3) is 11.3 Å². The molecule has 1 fully saturated rings. The standard InChI is InChI=1S/C24H27N3O2/c1-28-21-7-3-17(4-8-21)13-26-14-19-11-24-25-12-23(27(24)16-20(19)15-26)18-5-9-22(29-2)10-6-18/h3-10,12,19-20H,11,13-16H2,1-2H3/t19-,20-/m0/s1. The van der Waals surface area contributed by atoms with Crippen LogP contribution in [0, 0.1) is 11.8 Å². The van der Waals surface area contributed by atoms with Crippen LogP contribution in [0.3, 0.4) is 0 Å². The van der Waals surface area contributed by atoms with Crippen LogP contribution >= 0.6 is 0 Å². The third-order valence-electron chi connectivity index (χ3n) is 6.40. The highest BCUT2D eigenvalue weighted by molar-refractivity contribution is 5.60. The first kappa shape index (κ1) is 18.3. The molecule has 2 aliphatic rings. The van der Waals surface area contributed by atoms with Gasteiger partial charge in [-0.15, -0.1) is 0 Å². The van der Waals surface area contributed by atoms with Crippen molar-refractivity contribution in [3.05, 3.63) is 66.1 Å². The Kier molecular flexibility index (Phi) is 4.76. The van der Waals surface area contributed by atoms with Crippen molar-refractivity contribution in [3.63, 3.8) is 0 Å². The lowest BCUT2D eigenvalue weighted by molar-refractivity contribution is 0.307. The summed E-state index contributed by atoms with van der Waals surface area (Å²) < 4.78 is 13.0. The molecule has 2 aromatic carbocycles. The van der Waals surface area contributed by atoms with Crippen molar-refractivity contribution < 1.29 is 9.47 Å². The van der Waals surface area contributed by atoms with Crippen molar-refractivity contribution in [2.45, 2.75) is 19.5 Å². The molecule has 150 valence electrons. The molecule has 3 aromatic rings. The maximum absolute atomic E-state index is 5.29.